The fourth-order valence-corrected chi connectivity index (χ4v) is 0. The van der Waals surface area contributed by atoms with E-state index in [-0.39, 0.29) is 47.1 Å². The zero-order chi connectivity index (χ0) is 6.00. The minimum absolute atomic E-state index is 0. The van der Waals surface area contributed by atoms with Crippen LogP contribution >= 0.6 is 48.0 Å². The van der Waals surface area contributed by atoms with E-state index in [9.17, 15) is 0 Å². The third-order valence-electron chi connectivity index (χ3n) is 0. The van der Waals surface area contributed by atoms with E-state index in [2.05, 4.69) is 35.6 Å². The smallest absolute Gasteiger partial charge is 0.769 e. The van der Waals surface area contributed by atoms with Crippen LogP contribution in [0.25, 0.3) is 0 Å². The summed E-state index contributed by atoms with van der Waals surface area (Å²) < 4.78 is 23.2. The second-order valence-corrected chi connectivity index (χ2v) is 0. The fourth-order valence-electron chi connectivity index (χ4n) is 0. The van der Waals surface area contributed by atoms with Crippen molar-refractivity contribution < 1.29 is 14.0 Å². The van der Waals surface area contributed by atoms with Gasteiger partial charge in [-0.25, -0.2) is 35.6 Å². The maximum Gasteiger partial charge on any atom is 3.00 e. The molecule has 0 amide bonds. The van der Waals surface area contributed by atoms with Gasteiger partial charge in [-0.3, -0.25) is 0 Å². The topological polar surface area (TPSA) is 69.2 Å². The van der Waals surface area contributed by atoms with Crippen molar-refractivity contribution in [2.24, 2.45) is 0 Å². The Kier molecular flexibility index (Phi) is 914. The van der Waals surface area contributed by atoms with Crippen LogP contribution in [0.1, 0.15) is 0 Å². The van der Waals surface area contributed by atoms with E-state index >= 15 is 0 Å². The molecule has 9 heavy (non-hydrogen) atoms. The van der Waals surface area contributed by atoms with E-state index in [0.717, 1.165) is 0 Å². The van der Waals surface area contributed by atoms with Crippen LogP contribution in [0.3, 0.4) is 0 Å². The van der Waals surface area contributed by atoms with Crippen LogP contribution in [-0.4, -0.2) is 34.7 Å². The summed E-state index contributed by atoms with van der Waals surface area (Å²) in [6.07, 6.45) is 0. The van der Waals surface area contributed by atoms with Gasteiger partial charge in [-0.05, 0) is 0 Å². The van der Waals surface area contributed by atoms with Crippen molar-refractivity contribution >= 4 is 82.7 Å². The van der Waals surface area contributed by atoms with E-state index in [4.69, 9.17) is 14.0 Å². The van der Waals surface area contributed by atoms with Gasteiger partial charge in [0.15, 0.2) is 0 Å². The normalized spacial score (nSPS) is 2.00. The Balaban J connectivity index is -0.00000000321. The number of hydrogen-bond donors (Lipinski definition) is 0. The molecule has 0 bridgehead atoms. The zero-order valence-electron chi connectivity index (χ0n) is 3.92. The minimum atomic E-state index is 0. The molecule has 0 aromatic heterocycles. The van der Waals surface area contributed by atoms with Crippen molar-refractivity contribution in [1.29, 1.82) is 0 Å². The molecule has 0 atom stereocenters. The molecule has 0 aliphatic heterocycles. The number of hydrogen-bond acceptors (Lipinski definition) is 3. The largest absolute Gasteiger partial charge is 3.00 e. The van der Waals surface area contributed by atoms with Crippen molar-refractivity contribution in [3.8, 4) is 0 Å². The average molecular weight is 245 g/mol. The van der Waals surface area contributed by atoms with Crippen molar-refractivity contribution in [1.82, 2.24) is 0 Å². The predicted molar refractivity (Wildman–Crippen MR) is 36.3 cm³/mol. The summed E-state index contributed by atoms with van der Waals surface area (Å²) in [6.45, 7) is 0. The summed E-state index contributed by atoms with van der Waals surface area (Å²) in [4.78, 5) is 0. The van der Waals surface area contributed by atoms with Crippen LogP contribution < -0.4 is 14.0 Å². The quantitative estimate of drug-likeness (QED) is 0.471. The molecule has 0 spiro atoms. The van der Waals surface area contributed by atoms with Gasteiger partial charge in [0.1, 0.15) is 0 Å². The Hall–Kier alpha value is 2.10. The molecule has 53 valence electrons. The number of halogens is 4. The van der Waals surface area contributed by atoms with E-state index in [0.29, 0.717) is 0 Å². The van der Waals surface area contributed by atoms with E-state index in [1.165, 1.54) is 0 Å². The van der Waals surface area contributed by atoms with Crippen molar-refractivity contribution in [2.75, 3.05) is 0 Å². The minimum Gasteiger partial charge on any atom is -0.769 e. The Morgan fingerprint density at radius 3 is 0.667 bits per heavy atom. The molecule has 9 heteroatoms. The molecule has 0 rings (SSSR count). The monoisotopic (exact) mass is 243 g/mol. The molecule has 0 heterocycles. The van der Waals surface area contributed by atoms with Crippen molar-refractivity contribution in [3.63, 3.8) is 0 Å². The van der Waals surface area contributed by atoms with E-state index in [1.54, 1.807) is 0 Å². The summed E-state index contributed by atoms with van der Waals surface area (Å²) in [6, 6.07) is 0. The van der Waals surface area contributed by atoms with Crippen LogP contribution in [0.5, 0.6) is 0 Å². The van der Waals surface area contributed by atoms with Gasteiger partial charge in [-0.1, -0.05) is 0 Å². The van der Waals surface area contributed by atoms with Crippen LogP contribution in [0.15, 0.2) is 0 Å². The van der Waals surface area contributed by atoms with Crippen molar-refractivity contribution in [3.05, 3.63) is 0 Å². The van der Waals surface area contributed by atoms with Crippen molar-refractivity contribution in [2.45, 2.75) is 0 Å². The maximum atomic E-state index is 7.72. The summed E-state index contributed by atoms with van der Waals surface area (Å²) >= 11 is 10.2. The molecule has 0 aromatic carbocycles. The molecule has 0 saturated carbocycles. The van der Waals surface area contributed by atoms with Crippen LogP contribution in [0, 0.1) is 0 Å². The van der Waals surface area contributed by atoms with Gasteiger partial charge >= 0.3 is 17.4 Å². The van der Waals surface area contributed by atoms with Gasteiger partial charge in [0.2, 0.25) is 0 Å². The third kappa shape index (κ3) is 150. The molecule has 0 N–H and O–H groups in total. The molecule has 3 radical (unpaired) electrons. The van der Waals surface area contributed by atoms with Gasteiger partial charge in [0.25, 0.3) is 0 Å². The molecular weight excluding hydrogens is 244 g/mol. The average Bonchev–Trinajstić information content (AvgIpc) is 1.81. The first-order valence-electron chi connectivity index (χ1n) is 0.463. The molecule has 3 nitrogen and oxygen atoms in total. The maximum absolute atomic E-state index is 7.72. The van der Waals surface area contributed by atoms with Gasteiger partial charge < -0.3 is 14.0 Å². The Morgan fingerprint density at radius 1 is 0.667 bits per heavy atom. The van der Waals surface area contributed by atoms with Crippen LogP contribution in [0.2, 0.25) is 0 Å². The Morgan fingerprint density at radius 2 is 0.667 bits per heavy atom. The SMILES string of the molecule is Cl.[Al+3].[Al].[O-]Cl.[O-]Cl.[O-]Cl. The molecule has 0 aromatic rings. The second-order valence-electron chi connectivity index (χ2n) is 0. The summed E-state index contributed by atoms with van der Waals surface area (Å²) in [7, 11) is 0. The standard InChI is InChI=1S/2Al.3ClO.ClH/c;;3*1-2;/h;;;;;1H/q;+3;3*-1;. The van der Waals surface area contributed by atoms with Gasteiger partial charge in [0.05, 0.1) is 0 Å². The van der Waals surface area contributed by atoms with Crippen LogP contribution in [-0.2, 0) is 0 Å². The van der Waals surface area contributed by atoms with Crippen LogP contribution in [0.4, 0.5) is 0 Å². The van der Waals surface area contributed by atoms with E-state index in [1.807, 2.05) is 0 Å². The summed E-state index contributed by atoms with van der Waals surface area (Å²) in [5.41, 5.74) is 0. The van der Waals surface area contributed by atoms with Gasteiger partial charge in [-0.2, -0.15) is 0 Å². The molecule has 0 aliphatic rings. The van der Waals surface area contributed by atoms with E-state index < -0.39 is 0 Å². The van der Waals surface area contributed by atoms with Gasteiger partial charge in [-0.15, -0.1) is 12.4 Å². The Bertz CT molecular complexity index is 13.8. The molecule has 0 saturated heterocycles. The number of rotatable bonds is 0. The molecule has 0 aliphatic carbocycles. The molecular formula is HAl2Cl4O3. The fraction of sp³-hybridized carbons (Fsp3) is 0. The Labute approximate surface area is 96.1 Å². The summed E-state index contributed by atoms with van der Waals surface area (Å²) in [5, 5.41) is 0. The second kappa shape index (κ2) is 189. The predicted octanol–water partition coefficient (Wildman–Crippen LogP) is -1.84. The third-order valence-corrected chi connectivity index (χ3v) is 0. The molecule has 0 unspecified atom stereocenters. The first-order chi connectivity index (χ1) is 3.00. The zero-order valence-corrected chi connectivity index (χ0v) is 9.32. The molecule has 0 fully saturated rings. The first-order valence-corrected chi connectivity index (χ1v) is 1.39. The summed E-state index contributed by atoms with van der Waals surface area (Å²) in [5.74, 6) is 0. The van der Waals surface area contributed by atoms with Gasteiger partial charge in [0, 0.05) is 17.4 Å². The first kappa shape index (κ1) is 43.5.